The Kier molecular flexibility index (Phi) is 4.74. The predicted octanol–water partition coefficient (Wildman–Crippen LogP) is 3.38. The molecule has 3 nitrogen and oxygen atoms in total. The lowest BCUT2D eigenvalue weighted by atomic mass is 9.89. The average Bonchev–Trinajstić information content (AvgIpc) is 2.34. The van der Waals surface area contributed by atoms with Gasteiger partial charge in [0.2, 0.25) is 5.91 Å². The first kappa shape index (κ1) is 15.4. The number of nitrogens with zero attached hydrogens (tertiary/aromatic N) is 1. The van der Waals surface area contributed by atoms with Gasteiger partial charge in [-0.05, 0) is 30.2 Å². The number of likely N-dealkylation sites (tertiary alicyclic amines) is 1. The molecule has 1 N–H and O–H groups in total. The van der Waals surface area contributed by atoms with E-state index < -0.39 is 5.60 Å². The minimum absolute atomic E-state index is 0.114. The summed E-state index contributed by atoms with van der Waals surface area (Å²) < 4.78 is 0. The molecule has 0 atom stereocenters. The third-order valence-electron chi connectivity index (χ3n) is 3.37. The van der Waals surface area contributed by atoms with Gasteiger partial charge in [-0.3, -0.25) is 4.79 Å². The van der Waals surface area contributed by atoms with Gasteiger partial charge in [0.25, 0.3) is 0 Å². The number of benzene rings is 1. The third kappa shape index (κ3) is 3.54. The van der Waals surface area contributed by atoms with Gasteiger partial charge >= 0.3 is 0 Å². The summed E-state index contributed by atoms with van der Waals surface area (Å²) in [6.07, 6.45) is 4.77. The zero-order chi connectivity index (χ0) is 14.8. The molecule has 0 bridgehead atoms. The second-order valence-electron chi connectivity index (χ2n) is 5.17. The molecule has 0 aliphatic carbocycles. The van der Waals surface area contributed by atoms with E-state index >= 15 is 0 Å². The smallest absolute Gasteiger partial charge is 0.246 e. The maximum absolute atomic E-state index is 11.9. The fourth-order valence-corrected chi connectivity index (χ4v) is 2.82. The average molecular weight is 314 g/mol. The zero-order valence-corrected chi connectivity index (χ0v) is 12.8. The molecule has 1 aliphatic rings. The second-order valence-corrected chi connectivity index (χ2v) is 6.01. The van der Waals surface area contributed by atoms with Crippen molar-refractivity contribution < 1.29 is 9.90 Å². The molecule has 0 radical (unpaired) electrons. The number of aliphatic hydroxyl groups is 1. The van der Waals surface area contributed by atoms with E-state index in [0.717, 1.165) is 18.4 Å². The van der Waals surface area contributed by atoms with Crippen LogP contribution in [0.4, 0.5) is 0 Å². The molecular formula is C15H17Cl2NO2. The van der Waals surface area contributed by atoms with Crippen molar-refractivity contribution in [3.8, 4) is 0 Å². The maximum atomic E-state index is 11.9. The Bertz CT molecular complexity index is 537. The van der Waals surface area contributed by atoms with Crippen LogP contribution in [0.25, 0.3) is 6.08 Å². The molecule has 1 heterocycles. The Morgan fingerprint density at radius 3 is 2.75 bits per heavy atom. The topological polar surface area (TPSA) is 40.5 Å². The van der Waals surface area contributed by atoms with Crippen molar-refractivity contribution in [1.82, 2.24) is 4.90 Å². The highest BCUT2D eigenvalue weighted by Gasteiger charge is 2.41. The van der Waals surface area contributed by atoms with Crippen LogP contribution in [0.15, 0.2) is 24.3 Å². The van der Waals surface area contributed by atoms with Gasteiger partial charge in [0.05, 0.1) is 18.7 Å². The monoisotopic (exact) mass is 313 g/mol. The molecule has 5 heteroatoms. The van der Waals surface area contributed by atoms with Crippen molar-refractivity contribution in [2.75, 3.05) is 13.1 Å². The van der Waals surface area contributed by atoms with E-state index in [1.807, 2.05) is 6.92 Å². The number of rotatable bonds is 4. The minimum Gasteiger partial charge on any atom is -0.386 e. The van der Waals surface area contributed by atoms with Gasteiger partial charge in [-0.1, -0.05) is 42.6 Å². The Balaban J connectivity index is 1.94. The number of halogens is 2. The van der Waals surface area contributed by atoms with E-state index in [-0.39, 0.29) is 5.91 Å². The summed E-state index contributed by atoms with van der Waals surface area (Å²) in [4.78, 5) is 13.5. The molecule has 108 valence electrons. The van der Waals surface area contributed by atoms with E-state index in [1.54, 1.807) is 29.2 Å². The number of β-amino-alcohol motifs (C(OH)–C–C–N with tert-alkyl or cyclic N) is 1. The van der Waals surface area contributed by atoms with Gasteiger partial charge in [0, 0.05) is 16.1 Å². The van der Waals surface area contributed by atoms with Crippen molar-refractivity contribution in [2.24, 2.45) is 0 Å². The molecule has 1 aromatic rings. The van der Waals surface area contributed by atoms with Gasteiger partial charge in [0.1, 0.15) is 0 Å². The van der Waals surface area contributed by atoms with Crippen LogP contribution in [0.2, 0.25) is 10.0 Å². The molecule has 2 rings (SSSR count). The summed E-state index contributed by atoms with van der Waals surface area (Å²) in [5, 5.41) is 11.1. The van der Waals surface area contributed by atoms with Crippen molar-refractivity contribution in [1.29, 1.82) is 0 Å². The van der Waals surface area contributed by atoms with Crippen LogP contribution in [0.1, 0.15) is 25.3 Å². The minimum atomic E-state index is -0.698. The normalized spacial score (nSPS) is 17.3. The number of carbonyl (C=O) groups excluding carboxylic acids is 1. The standard InChI is InChI=1S/C15H17Cl2NO2/c1-2-7-15(20)9-18(10-15)14(19)6-4-11-3-5-12(16)8-13(11)17/h3-6,8,20H,2,7,9-10H2,1H3. The molecule has 1 fully saturated rings. The number of hydrogen-bond acceptors (Lipinski definition) is 2. The van der Waals surface area contributed by atoms with Crippen LogP contribution in [-0.4, -0.2) is 34.6 Å². The van der Waals surface area contributed by atoms with Gasteiger partial charge in [-0.15, -0.1) is 0 Å². The van der Waals surface area contributed by atoms with Crippen molar-refractivity contribution in [3.63, 3.8) is 0 Å². The van der Waals surface area contributed by atoms with Crippen molar-refractivity contribution in [3.05, 3.63) is 39.9 Å². The Labute approximate surface area is 128 Å². The van der Waals surface area contributed by atoms with Crippen LogP contribution in [0.3, 0.4) is 0 Å². The fraction of sp³-hybridized carbons (Fsp3) is 0.400. The Morgan fingerprint density at radius 1 is 1.45 bits per heavy atom. The largest absolute Gasteiger partial charge is 0.386 e. The molecule has 20 heavy (non-hydrogen) atoms. The van der Waals surface area contributed by atoms with E-state index in [1.165, 1.54) is 6.08 Å². The van der Waals surface area contributed by atoms with E-state index in [9.17, 15) is 9.90 Å². The molecule has 0 saturated carbocycles. The van der Waals surface area contributed by atoms with Crippen molar-refractivity contribution in [2.45, 2.75) is 25.4 Å². The molecule has 0 spiro atoms. The summed E-state index contributed by atoms with van der Waals surface area (Å²) >= 11 is 11.8. The first-order valence-electron chi connectivity index (χ1n) is 6.58. The Morgan fingerprint density at radius 2 is 2.15 bits per heavy atom. The quantitative estimate of drug-likeness (QED) is 0.866. The van der Waals surface area contributed by atoms with Crippen LogP contribution in [0.5, 0.6) is 0 Å². The lowest BCUT2D eigenvalue weighted by Crippen LogP contribution is -2.63. The summed E-state index contributed by atoms with van der Waals surface area (Å²) in [6.45, 7) is 2.82. The van der Waals surface area contributed by atoms with Gasteiger partial charge in [-0.25, -0.2) is 0 Å². The number of amides is 1. The predicted molar refractivity (Wildman–Crippen MR) is 81.9 cm³/mol. The van der Waals surface area contributed by atoms with Crippen LogP contribution < -0.4 is 0 Å². The summed E-state index contributed by atoms with van der Waals surface area (Å²) in [5.41, 5.74) is 0.0460. The van der Waals surface area contributed by atoms with Crippen LogP contribution in [0, 0.1) is 0 Å². The third-order valence-corrected chi connectivity index (χ3v) is 3.93. The van der Waals surface area contributed by atoms with E-state index in [0.29, 0.717) is 23.1 Å². The first-order valence-corrected chi connectivity index (χ1v) is 7.33. The fourth-order valence-electron chi connectivity index (χ4n) is 2.35. The second kappa shape index (κ2) is 6.17. The van der Waals surface area contributed by atoms with Gasteiger partial charge in [-0.2, -0.15) is 0 Å². The summed E-state index contributed by atoms with van der Waals surface area (Å²) in [5.74, 6) is -0.114. The van der Waals surface area contributed by atoms with Crippen LogP contribution >= 0.6 is 23.2 Å². The molecule has 1 amide bonds. The highest BCUT2D eigenvalue weighted by Crippen LogP contribution is 2.26. The van der Waals surface area contributed by atoms with E-state index in [2.05, 4.69) is 0 Å². The molecule has 0 unspecified atom stereocenters. The maximum Gasteiger partial charge on any atom is 0.246 e. The highest BCUT2D eigenvalue weighted by molar-refractivity contribution is 6.35. The first-order chi connectivity index (χ1) is 9.43. The SMILES string of the molecule is CCCC1(O)CN(C(=O)C=Cc2ccc(Cl)cc2Cl)C1. The van der Waals surface area contributed by atoms with Gasteiger partial charge < -0.3 is 10.0 Å². The molecule has 1 aromatic carbocycles. The molecule has 1 saturated heterocycles. The Hall–Kier alpha value is -1.03. The molecular weight excluding hydrogens is 297 g/mol. The number of hydrogen-bond donors (Lipinski definition) is 1. The number of carbonyl (C=O) groups is 1. The van der Waals surface area contributed by atoms with Crippen LogP contribution in [-0.2, 0) is 4.79 Å². The van der Waals surface area contributed by atoms with Gasteiger partial charge in [0.15, 0.2) is 0 Å². The molecule has 1 aliphatic heterocycles. The van der Waals surface area contributed by atoms with E-state index in [4.69, 9.17) is 23.2 Å². The molecule has 0 aromatic heterocycles. The lowest BCUT2D eigenvalue weighted by Gasteiger charge is -2.46. The zero-order valence-electron chi connectivity index (χ0n) is 11.3. The summed E-state index contributed by atoms with van der Waals surface area (Å²) in [6, 6.07) is 5.12. The lowest BCUT2D eigenvalue weighted by molar-refractivity contribution is -0.151. The summed E-state index contributed by atoms with van der Waals surface area (Å²) in [7, 11) is 0. The highest BCUT2D eigenvalue weighted by atomic mass is 35.5. The van der Waals surface area contributed by atoms with Crippen molar-refractivity contribution >= 4 is 35.2 Å².